The lowest BCUT2D eigenvalue weighted by molar-refractivity contribution is -0.384. The van der Waals surface area contributed by atoms with Crippen LogP contribution in [-0.4, -0.2) is 17.0 Å². The van der Waals surface area contributed by atoms with Crippen molar-refractivity contribution in [1.29, 1.82) is 0 Å². The Morgan fingerprint density at radius 3 is 2.75 bits per heavy atom. The van der Waals surface area contributed by atoms with E-state index in [9.17, 15) is 10.1 Å². The Bertz CT molecular complexity index is 419. The summed E-state index contributed by atoms with van der Waals surface area (Å²) in [7, 11) is 0. The van der Waals surface area contributed by atoms with Crippen LogP contribution in [0.2, 0.25) is 5.02 Å². The molecule has 0 saturated heterocycles. The standard InChI is InChI=1S/C10H12ClN3O2/c11-9-2-1-8(14(15)16)5-10(9)13-7-3-6(12)4-7/h1-2,5-7,13H,3-4,12H2. The van der Waals surface area contributed by atoms with E-state index >= 15 is 0 Å². The number of hydrogen-bond donors (Lipinski definition) is 2. The van der Waals surface area contributed by atoms with Crippen molar-refractivity contribution in [2.24, 2.45) is 5.73 Å². The van der Waals surface area contributed by atoms with Gasteiger partial charge in [-0.3, -0.25) is 10.1 Å². The number of anilines is 1. The summed E-state index contributed by atoms with van der Waals surface area (Å²) < 4.78 is 0. The van der Waals surface area contributed by atoms with Gasteiger partial charge in [0, 0.05) is 24.2 Å². The molecule has 0 amide bonds. The van der Waals surface area contributed by atoms with Crippen LogP contribution in [0.5, 0.6) is 0 Å². The molecule has 5 nitrogen and oxygen atoms in total. The van der Waals surface area contributed by atoms with Crippen molar-refractivity contribution < 1.29 is 4.92 Å². The molecule has 0 aliphatic heterocycles. The molecule has 3 N–H and O–H groups in total. The first kappa shape index (κ1) is 11.2. The second-order valence-electron chi connectivity index (χ2n) is 3.99. The summed E-state index contributed by atoms with van der Waals surface area (Å²) in [6, 6.07) is 4.87. The number of nitrogens with two attached hydrogens (primary N) is 1. The van der Waals surface area contributed by atoms with Crippen LogP contribution >= 0.6 is 11.6 Å². The van der Waals surface area contributed by atoms with Gasteiger partial charge in [-0.15, -0.1) is 0 Å². The predicted molar refractivity (Wildman–Crippen MR) is 62.7 cm³/mol. The Hall–Kier alpha value is -1.33. The minimum Gasteiger partial charge on any atom is -0.381 e. The van der Waals surface area contributed by atoms with E-state index < -0.39 is 4.92 Å². The van der Waals surface area contributed by atoms with Gasteiger partial charge in [0.2, 0.25) is 0 Å². The van der Waals surface area contributed by atoms with Crippen molar-refractivity contribution in [3.8, 4) is 0 Å². The van der Waals surface area contributed by atoms with Crippen molar-refractivity contribution >= 4 is 23.0 Å². The fraction of sp³-hybridized carbons (Fsp3) is 0.400. The molecule has 6 heteroatoms. The van der Waals surface area contributed by atoms with E-state index in [2.05, 4.69) is 5.32 Å². The summed E-state index contributed by atoms with van der Waals surface area (Å²) in [6.45, 7) is 0. The van der Waals surface area contributed by atoms with Gasteiger partial charge in [-0.1, -0.05) is 11.6 Å². The van der Waals surface area contributed by atoms with Crippen molar-refractivity contribution in [2.45, 2.75) is 24.9 Å². The van der Waals surface area contributed by atoms with E-state index in [1.807, 2.05) is 0 Å². The zero-order chi connectivity index (χ0) is 11.7. The van der Waals surface area contributed by atoms with Gasteiger partial charge in [-0.2, -0.15) is 0 Å². The Kier molecular flexibility index (Phi) is 2.98. The highest BCUT2D eigenvalue weighted by Crippen LogP contribution is 2.30. The first-order valence-electron chi connectivity index (χ1n) is 5.02. The van der Waals surface area contributed by atoms with Gasteiger partial charge in [-0.05, 0) is 18.9 Å². The van der Waals surface area contributed by atoms with Gasteiger partial charge in [0.15, 0.2) is 0 Å². The summed E-state index contributed by atoms with van der Waals surface area (Å²) in [4.78, 5) is 10.2. The Morgan fingerprint density at radius 2 is 2.19 bits per heavy atom. The highest BCUT2D eigenvalue weighted by atomic mass is 35.5. The van der Waals surface area contributed by atoms with Gasteiger partial charge in [-0.25, -0.2) is 0 Å². The summed E-state index contributed by atoms with van der Waals surface area (Å²) in [5, 5.41) is 14.2. The van der Waals surface area contributed by atoms with Crippen LogP contribution in [-0.2, 0) is 0 Å². The third-order valence-electron chi connectivity index (χ3n) is 2.69. The zero-order valence-electron chi connectivity index (χ0n) is 8.52. The molecule has 16 heavy (non-hydrogen) atoms. The van der Waals surface area contributed by atoms with Crippen LogP contribution < -0.4 is 11.1 Å². The van der Waals surface area contributed by atoms with Crippen LogP contribution in [0.25, 0.3) is 0 Å². The maximum absolute atomic E-state index is 10.6. The Balaban J connectivity index is 2.12. The maximum atomic E-state index is 10.6. The molecule has 1 fully saturated rings. The number of nitro benzene ring substituents is 1. The summed E-state index contributed by atoms with van der Waals surface area (Å²) >= 11 is 5.95. The summed E-state index contributed by atoms with van der Waals surface area (Å²) in [5.41, 5.74) is 6.30. The molecule has 0 aromatic heterocycles. The number of benzene rings is 1. The summed E-state index contributed by atoms with van der Waals surface area (Å²) in [5.74, 6) is 0. The molecule has 1 aliphatic carbocycles. The molecule has 2 rings (SSSR count). The maximum Gasteiger partial charge on any atom is 0.271 e. The fourth-order valence-corrected chi connectivity index (χ4v) is 1.91. The van der Waals surface area contributed by atoms with Gasteiger partial charge >= 0.3 is 0 Å². The second kappa shape index (κ2) is 4.27. The fourth-order valence-electron chi connectivity index (χ4n) is 1.74. The first-order valence-corrected chi connectivity index (χ1v) is 5.40. The number of nitrogens with zero attached hydrogens (tertiary/aromatic N) is 1. The Labute approximate surface area is 97.7 Å². The lowest BCUT2D eigenvalue weighted by Crippen LogP contribution is -2.44. The third kappa shape index (κ3) is 2.25. The SMILES string of the molecule is NC1CC(Nc2cc([N+](=O)[O-])ccc2Cl)C1. The highest BCUT2D eigenvalue weighted by Gasteiger charge is 2.26. The van der Waals surface area contributed by atoms with Crippen molar-refractivity contribution in [3.05, 3.63) is 33.3 Å². The molecule has 0 radical (unpaired) electrons. The lowest BCUT2D eigenvalue weighted by atomic mass is 9.87. The molecule has 1 saturated carbocycles. The monoisotopic (exact) mass is 241 g/mol. The van der Waals surface area contributed by atoms with Crippen molar-refractivity contribution in [3.63, 3.8) is 0 Å². The minimum atomic E-state index is -0.436. The molecule has 0 heterocycles. The van der Waals surface area contributed by atoms with Gasteiger partial charge < -0.3 is 11.1 Å². The number of halogens is 1. The highest BCUT2D eigenvalue weighted by molar-refractivity contribution is 6.33. The van der Waals surface area contributed by atoms with Gasteiger partial charge in [0.25, 0.3) is 5.69 Å². The number of non-ortho nitro benzene ring substituents is 1. The molecule has 0 spiro atoms. The van der Waals surface area contributed by atoms with Crippen LogP contribution in [0.3, 0.4) is 0 Å². The van der Waals surface area contributed by atoms with E-state index in [4.69, 9.17) is 17.3 Å². The molecule has 1 aromatic rings. The largest absolute Gasteiger partial charge is 0.381 e. The van der Waals surface area contributed by atoms with Crippen LogP contribution in [0.1, 0.15) is 12.8 Å². The number of rotatable bonds is 3. The van der Waals surface area contributed by atoms with E-state index in [0.29, 0.717) is 10.7 Å². The average Bonchev–Trinajstić information content (AvgIpc) is 2.18. The van der Waals surface area contributed by atoms with E-state index in [1.54, 1.807) is 0 Å². The number of nitrogens with one attached hydrogen (secondary N) is 1. The molecule has 86 valence electrons. The van der Waals surface area contributed by atoms with E-state index in [-0.39, 0.29) is 17.8 Å². The van der Waals surface area contributed by atoms with Gasteiger partial charge in [0.05, 0.1) is 15.6 Å². The molecule has 0 bridgehead atoms. The molecule has 0 unspecified atom stereocenters. The molecule has 1 aromatic carbocycles. The van der Waals surface area contributed by atoms with E-state index in [1.165, 1.54) is 18.2 Å². The van der Waals surface area contributed by atoms with Crippen molar-refractivity contribution in [1.82, 2.24) is 0 Å². The van der Waals surface area contributed by atoms with Crippen LogP contribution in [0.4, 0.5) is 11.4 Å². The average molecular weight is 242 g/mol. The normalized spacial score (nSPS) is 23.6. The minimum absolute atomic E-state index is 0.0375. The van der Waals surface area contributed by atoms with Gasteiger partial charge in [0.1, 0.15) is 0 Å². The molecular weight excluding hydrogens is 230 g/mol. The van der Waals surface area contributed by atoms with Crippen molar-refractivity contribution in [2.75, 3.05) is 5.32 Å². The summed E-state index contributed by atoms with van der Waals surface area (Å²) in [6.07, 6.45) is 1.75. The van der Waals surface area contributed by atoms with Crippen LogP contribution in [0, 0.1) is 10.1 Å². The molecule has 1 aliphatic rings. The number of nitro groups is 1. The van der Waals surface area contributed by atoms with Crippen LogP contribution in [0.15, 0.2) is 18.2 Å². The first-order chi connectivity index (χ1) is 7.56. The van der Waals surface area contributed by atoms with E-state index in [0.717, 1.165) is 12.8 Å². The third-order valence-corrected chi connectivity index (χ3v) is 3.02. The predicted octanol–water partition coefficient (Wildman–Crippen LogP) is 2.15. The lowest BCUT2D eigenvalue weighted by Gasteiger charge is -2.33. The topological polar surface area (TPSA) is 81.2 Å². The molecule has 0 atom stereocenters. The second-order valence-corrected chi connectivity index (χ2v) is 4.40. The smallest absolute Gasteiger partial charge is 0.271 e. The quantitative estimate of drug-likeness (QED) is 0.628. The molecular formula is C10H12ClN3O2. The number of hydrogen-bond acceptors (Lipinski definition) is 4. The zero-order valence-corrected chi connectivity index (χ0v) is 9.28. The Morgan fingerprint density at radius 1 is 1.50 bits per heavy atom.